The number of benzene rings is 1. The number of nitrogen functional groups attached to an aromatic ring is 1. The first-order valence-corrected chi connectivity index (χ1v) is 6.93. The first kappa shape index (κ1) is 12.8. The van der Waals surface area contributed by atoms with Crippen LogP contribution in [-0.4, -0.2) is 9.66 Å². The molecule has 0 aliphatic heterocycles. The summed E-state index contributed by atoms with van der Waals surface area (Å²) in [4.78, 5) is 17.3. The molecule has 0 aliphatic rings. The summed E-state index contributed by atoms with van der Waals surface area (Å²) >= 11 is 1.42. The lowest BCUT2D eigenvalue weighted by Gasteiger charge is -2.07. The summed E-state index contributed by atoms with van der Waals surface area (Å²) in [6.45, 7) is 1.86. The third kappa shape index (κ3) is 2.08. The van der Waals surface area contributed by atoms with Crippen molar-refractivity contribution >= 4 is 21.6 Å². The Hall–Kier alpha value is -2.21. The van der Waals surface area contributed by atoms with Crippen molar-refractivity contribution in [2.24, 2.45) is 0 Å². The molecule has 3 aromatic rings. The van der Waals surface area contributed by atoms with E-state index in [0.29, 0.717) is 22.5 Å². The van der Waals surface area contributed by atoms with Gasteiger partial charge in [-0.25, -0.2) is 14.1 Å². The molecule has 0 radical (unpaired) electrons. The van der Waals surface area contributed by atoms with E-state index in [2.05, 4.69) is 4.98 Å². The normalized spacial score (nSPS) is 11.1. The first-order valence-electron chi connectivity index (χ1n) is 6.05. The van der Waals surface area contributed by atoms with E-state index in [-0.39, 0.29) is 11.4 Å². The minimum absolute atomic E-state index is 0.245. The van der Waals surface area contributed by atoms with Crippen molar-refractivity contribution in [3.05, 3.63) is 62.8 Å². The summed E-state index contributed by atoms with van der Waals surface area (Å²) in [5.74, 6) is 6.00. The molecular formula is C14H12FN3OS. The molecule has 20 heavy (non-hydrogen) atoms. The monoisotopic (exact) mass is 289 g/mol. The Labute approximate surface area is 118 Å². The Kier molecular flexibility index (Phi) is 3.02. The average molecular weight is 289 g/mol. The number of hydrogen-bond donors (Lipinski definition) is 1. The van der Waals surface area contributed by atoms with Crippen molar-refractivity contribution in [2.75, 3.05) is 5.84 Å². The molecule has 0 unspecified atom stereocenters. The minimum atomic E-state index is -0.295. The van der Waals surface area contributed by atoms with Gasteiger partial charge in [0, 0.05) is 6.42 Å². The molecule has 2 aromatic heterocycles. The first-order chi connectivity index (χ1) is 9.56. The maximum atomic E-state index is 12.9. The van der Waals surface area contributed by atoms with E-state index in [4.69, 9.17) is 5.84 Å². The van der Waals surface area contributed by atoms with Gasteiger partial charge in [-0.3, -0.25) is 4.79 Å². The van der Waals surface area contributed by atoms with Gasteiger partial charge in [-0.2, -0.15) is 0 Å². The quantitative estimate of drug-likeness (QED) is 0.736. The molecule has 2 N–H and O–H groups in total. The molecular weight excluding hydrogens is 277 g/mol. The third-order valence-corrected chi connectivity index (χ3v) is 4.16. The molecule has 0 saturated carbocycles. The summed E-state index contributed by atoms with van der Waals surface area (Å²) < 4.78 is 14.0. The molecule has 0 amide bonds. The molecule has 0 spiro atoms. The lowest BCUT2D eigenvalue weighted by Crippen LogP contribution is -2.31. The predicted octanol–water partition coefficient (Wildman–Crippen LogP) is 2.21. The number of nitrogens with two attached hydrogens (primary N) is 1. The summed E-state index contributed by atoms with van der Waals surface area (Å²) in [5.41, 5.74) is 1.49. The Morgan fingerprint density at radius 1 is 1.35 bits per heavy atom. The second-order valence-corrected chi connectivity index (χ2v) is 5.46. The second kappa shape index (κ2) is 4.72. The molecule has 102 valence electrons. The highest BCUT2D eigenvalue weighted by Gasteiger charge is 2.12. The number of aryl methyl sites for hydroxylation is 1. The van der Waals surface area contributed by atoms with Gasteiger partial charge in [0.1, 0.15) is 16.5 Å². The highest BCUT2D eigenvalue weighted by molar-refractivity contribution is 7.16. The van der Waals surface area contributed by atoms with Crippen molar-refractivity contribution in [1.82, 2.24) is 9.66 Å². The number of hydrogen-bond acceptors (Lipinski definition) is 4. The van der Waals surface area contributed by atoms with Crippen LogP contribution in [0.4, 0.5) is 4.39 Å². The van der Waals surface area contributed by atoms with Gasteiger partial charge in [-0.1, -0.05) is 12.1 Å². The fraction of sp³-hybridized carbons (Fsp3) is 0.143. The van der Waals surface area contributed by atoms with Crippen LogP contribution in [0.5, 0.6) is 0 Å². The largest absolute Gasteiger partial charge is 0.335 e. The van der Waals surface area contributed by atoms with Crippen molar-refractivity contribution in [2.45, 2.75) is 13.3 Å². The van der Waals surface area contributed by atoms with E-state index in [1.165, 1.54) is 23.5 Å². The number of fused-ring (bicyclic) bond motifs is 1. The van der Waals surface area contributed by atoms with E-state index in [1.54, 1.807) is 12.1 Å². The van der Waals surface area contributed by atoms with Crippen molar-refractivity contribution in [1.29, 1.82) is 0 Å². The van der Waals surface area contributed by atoms with Crippen LogP contribution >= 0.6 is 11.3 Å². The molecule has 4 nitrogen and oxygen atoms in total. The number of halogens is 1. The highest BCUT2D eigenvalue weighted by Crippen LogP contribution is 2.20. The highest BCUT2D eigenvalue weighted by atomic mass is 32.1. The zero-order chi connectivity index (χ0) is 14.3. The number of rotatable bonds is 2. The van der Waals surface area contributed by atoms with Crippen LogP contribution in [-0.2, 0) is 6.42 Å². The van der Waals surface area contributed by atoms with E-state index >= 15 is 0 Å². The van der Waals surface area contributed by atoms with Crippen molar-refractivity contribution in [3.63, 3.8) is 0 Å². The Balaban J connectivity index is 2.10. The van der Waals surface area contributed by atoms with E-state index in [1.807, 2.05) is 12.3 Å². The molecule has 0 aliphatic carbocycles. The smallest absolute Gasteiger partial charge is 0.280 e. The molecule has 2 heterocycles. The van der Waals surface area contributed by atoms with Gasteiger partial charge in [0.05, 0.1) is 5.39 Å². The van der Waals surface area contributed by atoms with Crippen LogP contribution in [0.3, 0.4) is 0 Å². The molecule has 0 saturated heterocycles. The van der Waals surface area contributed by atoms with E-state index in [9.17, 15) is 9.18 Å². The van der Waals surface area contributed by atoms with Gasteiger partial charge >= 0.3 is 0 Å². The maximum Gasteiger partial charge on any atom is 0.280 e. The van der Waals surface area contributed by atoms with Crippen LogP contribution in [0.1, 0.15) is 17.0 Å². The minimum Gasteiger partial charge on any atom is -0.335 e. The summed E-state index contributed by atoms with van der Waals surface area (Å²) in [6.07, 6.45) is 0.388. The third-order valence-electron chi connectivity index (χ3n) is 3.17. The lowest BCUT2D eigenvalue weighted by molar-refractivity contribution is 0.627. The standard InChI is InChI=1S/C14H12FN3OS/c1-8-7-20-13-12(8)14(19)18(16)11(17-13)6-9-2-4-10(15)5-3-9/h2-5,7H,6,16H2,1H3. The number of thiophene rings is 1. The van der Waals surface area contributed by atoms with Crippen LogP contribution < -0.4 is 11.4 Å². The van der Waals surface area contributed by atoms with Gasteiger partial charge in [0.15, 0.2) is 0 Å². The number of nitrogens with zero attached hydrogens (tertiary/aromatic N) is 2. The predicted molar refractivity (Wildman–Crippen MR) is 78.0 cm³/mol. The van der Waals surface area contributed by atoms with Crippen molar-refractivity contribution in [3.8, 4) is 0 Å². The molecule has 0 bridgehead atoms. The van der Waals surface area contributed by atoms with Crippen LogP contribution in [0.25, 0.3) is 10.2 Å². The molecule has 0 atom stereocenters. The molecule has 0 fully saturated rings. The van der Waals surface area contributed by atoms with E-state index in [0.717, 1.165) is 15.8 Å². The van der Waals surface area contributed by atoms with Crippen molar-refractivity contribution < 1.29 is 4.39 Å². The zero-order valence-electron chi connectivity index (χ0n) is 10.8. The number of aromatic nitrogens is 2. The Morgan fingerprint density at radius 3 is 2.75 bits per heavy atom. The fourth-order valence-electron chi connectivity index (χ4n) is 2.09. The van der Waals surface area contributed by atoms with Gasteiger partial charge in [0.25, 0.3) is 5.56 Å². The zero-order valence-corrected chi connectivity index (χ0v) is 11.6. The van der Waals surface area contributed by atoms with Gasteiger partial charge < -0.3 is 5.84 Å². The van der Waals surface area contributed by atoms with Crippen LogP contribution in [0.15, 0.2) is 34.4 Å². The molecule has 6 heteroatoms. The SMILES string of the molecule is Cc1csc2nc(Cc3ccc(F)cc3)n(N)c(=O)c12. The maximum absolute atomic E-state index is 12.9. The Bertz CT molecular complexity index is 836. The van der Waals surface area contributed by atoms with Crippen LogP contribution in [0.2, 0.25) is 0 Å². The molecule has 1 aromatic carbocycles. The second-order valence-electron chi connectivity index (χ2n) is 4.61. The summed E-state index contributed by atoms with van der Waals surface area (Å²) in [5, 5.41) is 2.46. The topological polar surface area (TPSA) is 60.9 Å². The van der Waals surface area contributed by atoms with Crippen LogP contribution in [0, 0.1) is 12.7 Å². The van der Waals surface area contributed by atoms with Gasteiger partial charge in [0.2, 0.25) is 0 Å². The van der Waals surface area contributed by atoms with E-state index < -0.39 is 0 Å². The average Bonchev–Trinajstić information content (AvgIpc) is 2.79. The summed E-state index contributed by atoms with van der Waals surface area (Å²) in [6, 6.07) is 6.07. The summed E-state index contributed by atoms with van der Waals surface area (Å²) in [7, 11) is 0. The van der Waals surface area contributed by atoms with Gasteiger partial charge in [-0.15, -0.1) is 11.3 Å². The lowest BCUT2D eigenvalue weighted by atomic mass is 10.1. The molecule has 3 rings (SSSR count). The van der Waals surface area contributed by atoms with Gasteiger partial charge in [-0.05, 0) is 35.6 Å². The fourth-order valence-corrected chi connectivity index (χ4v) is 3.02. The Morgan fingerprint density at radius 2 is 2.05 bits per heavy atom.